The fraction of sp³-hybridized carbons (Fsp3) is 0.435. The van der Waals surface area contributed by atoms with Crippen molar-refractivity contribution in [1.29, 1.82) is 0 Å². The molecule has 0 saturated carbocycles. The molecule has 3 rings (SSSR count). The maximum Gasteiger partial charge on any atom is 0.251 e. The number of benzene rings is 2. The lowest BCUT2D eigenvalue weighted by Gasteiger charge is -2.31. The average Bonchev–Trinajstić information content (AvgIpc) is 2.66. The number of carbonyl (C=O) groups excluding carboxylic acids is 1. The molecule has 0 aromatic heterocycles. The molecule has 1 atom stereocenters. The first kappa shape index (κ1) is 21.5. The Morgan fingerprint density at radius 2 is 1.90 bits per heavy atom. The van der Waals surface area contributed by atoms with Gasteiger partial charge in [0, 0.05) is 31.5 Å². The van der Waals surface area contributed by atoms with Crippen LogP contribution < -0.4 is 5.32 Å². The summed E-state index contributed by atoms with van der Waals surface area (Å²) in [7, 11) is -3.14. The molecular weight excluding hydrogens is 384 g/mol. The Hall–Kier alpha value is -2.18. The predicted octanol–water partition coefficient (Wildman–Crippen LogP) is 3.39. The van der Waals surface area contributed by atoms with E-state index in [1.807, 2.05) is 12.1 Å². The van der Waals surface area contributed by atoms with Crippen LogP contribution in [0.5, 0.6) is 0 Å². The third-order valence-electron chi connectivity index (χ3n) is 5.31. The van der Waals surface area contributed by atoms with Gasteiger partial charge >= 0.3 is 0 Å². The number of rotatable bonds is 7. The number of amides is 1. The molecule has 0 aliphatic carbocycles. The molecule has 0 spiro atoms. The predicted molar refractivity (Wildman–Crippen MR) is 116 cm³/mol. The smallest absolute Gasteiger partial charge is 0.251 e. The van der Waals surface area contributed by atoms with Crippen LogP contribution in [0.3, 0.4) is 0 Å². The van der Waals surface area contributed by atoms with E-state index in [9.17, 15) is 13.2 Å². The fourth-order valence-electron chi connectivity index (χ4n) is 3.94. The molecule has 0 unspecified atom stereocenters. The van der Waals surface area contributed by atoms with Gasteiger partial charge in [-0.25, -0.2) is 8.42 Å². The molecule has 1 fully saturated rings. The third kappa shape index (κ3) is 6.68. The first-order valence-corrected chi connectivity index (χ1v) is 12.2. The van der Waals surface area contributed by atoms with E-state index in [0.717, 1.165) is 31.1 Å². The molecule has 1 aliphatic heterocycles. The lowest BCUT2D eigenvalue weighted by molar-refractivity contribution is 0.0950. The topological polar surface area (TPSA) is 66.5 Å². The Morgan fingerprint density at radius 1 is 1.14 bits per heavy atom. The zero-order chi connectivity index (χ0) is 20.9. The maximum absolute atomic E-state index is 12.6. The highest BCUT2D eigenvalue weighted by Gasteiger charge is 2.17. The summed E-state index contributed by atoms with van der Waals surface area (Å²) in [6.07, 6.45) is 3.73. The van der Waals surface area contributed by atoms with Gasteiger partial charge in [0.2, 0.25) is 0 Å². The molecule has 29 heavy (non-hydrogen) atoms. The minimum atomic E-state index is -3.14. The highest BCUT2D eigenvalue weighted by atomic mass is 32.2. The van der Waals surface area contributed by atoms with Gasteiger partial charge in [-0.1, -0.05) is 43.3 Å². The first-order chi connectivity index (χ1) is 13.8. The summed E-state index contributed by atoms with van der Waals surface area (Å²) < 4.78 is 23.0. The molecule has 156 valence electrons. The van der Waals surface area contributed by atoms with E-state index in [0.29, 0.717) is 17.7 Å². The Labute approximate surface area is 174 Å². The number of likely N-dealkylation sites (tertiary alicyclic amines) is 1. The van der Waals surface area contributed by atoms with Crippen molar-refractivity contribution in [3.05, 3.63) is 70.8 Å². The summed E-state index contributed by atoms with van der Waals surface area (Å²) in [5.41, 5.74) is 3.47. The summed E-state index contributed by atoms with van der Waals surface area (Å²) in [6.45, 7) is 5.90. The lowest BCUT2D eigenvalue weighted by Crippen LogP contribution is -2.34. The van der Waals surface area contributed by atoms with Crippen molar-refractivity contribution in [3.63, 3.8) is 0 Å². The second-order valence-electron chi connectivity index (χ2n) is 8.20. The quantitative estimate of drug-likeness (QED) is 0.754. The van der Waals surface area contributed by atoms with E-state index in [1.54, 1.807) is 24.3 Å². The van der Waals surface area contributed by atoms with Crippen LogP contribution in [0.15, 0.2) is 48.5 Å². The van der Waals surface area contributed by atoms with Crippen LogP contribution in [-0.2, 0) is 28.7 Å². The minimum absolute atomic E-state index is 0.0643. The van der Waals surface area contributed by atoms with Crippen LogP contribution >= 0.6 is 0 Å². The number of nitrogens with zero attached hydrogens (tertiary/aromatic N) is 1. The molecule has 1 amide bonds. The molecule has 6 heteroatoms. The van der Waals surface area contributed by atoms with Crippen LogP contribution in [0, 0.1) is 5.92 Å². The summed E-state index contributed by atoms with van der Waals surface area (Å²) in [5.74, 6) is 0.474. The minimum Gasteiger partial charge on any atom is -0.348 e. The van der Waals surface area contributed by atoms with Crippen molar-refractivity contribution in [2.24, 2.45) is 5.92 Å². The van der Waals surface area contributed by atoms with Gasteiger partial charge in [-0.15, -0.1) is 0 Å². The van der Waals surface area contributed by atoms with Gasteiger partial charge in [0.25, 0.3) is 5.91 Å². The van der Waals surface area contributed by atoms with Crippen LogP contribution in [0.25, 0.3) is 0 Å². The van der Waals surface area contributed by atoms with Crippen molar-refractivity contribution in [2.75, 3.05) is 19.3 Å². The molecule has 2 aromatic rings. The van der Waals surface area contributed by atoms with E-state index in [-0.39, 0.29) is 11.7 Å². The van der Waals surface area contributed by atoms with Crippen LogP contribution in [0.1, 0.15) is 46.8 Å². The van der Waals surface area contributed by atoms with Crippen LogP contribution in [-0.4, -0.2) is 38.6 Å². The fourth-order valence-corrected chi connectivity index (χ4v) is 4.72. The van der Waals surface area contributed by atoms with E-state index < -0.39 is 9.84 Å². The van der Waals surface area contributed by atoms with Gasteiger partial charge in [0.15, 0.2) is 9.84 Å². The molecule has 0 bridgehead atoms. The number of hydrogen-bond acceptors (Lipinski definition) is 4. The summed E-state index contributed by atoms with van der Waals surface area (Å²) >= 11 is 0. The van der Waals surface area contributed by atoms with Gasteiger partial charge in [-0.3, -0.25) is 9.69 Å². The SMILES string of the molecule is C[C@H]1CCCN(Cc2ccccc2CNC(=O)c2cccc(CS(C)(=O)=O)c2)C1. The number of sulfone groups is 1. The van der Waals surface area contributed by atoms with E-state index >= 15 is 0 Å². The van der Waals surface area contributed by atoms with Crippen molar-refractivity contribution < 1.29 is 13.2 Å². The van der Waals surface area contributed by atoms with E-state index in [1.165, 1.54) is 24.7 Å². The summed E-state index contributed by atoms with van der Waals surface area (Å²) in [5, 5.41) is 2.98. The van der Waals surface area contributed by atoms with E-state index in [2.05, 4.69) is 29.3 Å². The molecule has 1 N–H and O–H groups in total. The van der Waals surface area contributed by atoms with Crippen molar-refractivity contribution in [1.82, 2.24) is 10.2 Å². The van der Waals surface area contributed by atoms with Crippen molar-refractivity contribution >= 4 is 15.7 Å². The van der Waals surface area contributed by atoms with Gasteiger partial charge < -0.3 is 5.32 Å². The third-order valence-corrected chi connectivity index (χ3v) is 6.17. The summed E-state index contributed by atoms with van der Waals surface area (Å²) in [6, 6.07) is 15.0. The Bertz CT molecular complexity index is 956. The Morgan fingerprint density at radius 3 is 2.62 bits per heavy atom. The van der Waals surface area contributed by atoms with Crippen molar-refractivity contribution in [2.45, 2.75) is 38.6 Å². The zero-order valence-corrected chi connectivity index (χ0v) is 18.0. The number of nitrogens with one attached hydrogen (secondary N) is 1. The second-order valence-corrected chi connectivity index (χ2v) is 10.3. The molecule has 1 heterocycles. The average molecular weight is 415 g/mol. The van der Waals surface area contributed by atoms with Gasteiger partial charge in [0.1, 0.15) is 0 Å². The van der Waals surface area contributed by atoms with Gasteiger partial charge in [-0.05, 0) is 54.1 Å². The molecule has 1 aliphatic rings. The summed E-state index contributed by atoms with van der Waals surface area (Å²) in [4.78, 5) is 15.1. The Balaban J connectivity index is 1.64. The second kappa shape index (κ2) is 9.55. The van der Waals surface area contributed by atoms with Crippen LogP contribution in [0.2, 0.25) is 0 Å². The molecular formula is C23H30N2O3S. The van der Waals surface area contributed by atoms with Gasteiger partial charge in [0.05, 0.1) is 5.75 Å². The normalized spacial score (nSPS) is 17.8. The van der Waals surface area contributed by atoms with Crippen molar-refractivity contribution in [3.8, 4) is 0 Å². The maximum atomic E-state index is 12.6. The lowest BCUT2D eigenvalue weighted by atomic mass is 9.99. The number of carbonyl (C=O) groups is 1. The highest BCUT2D eigenvalue weighted by Crippen LogP contribution is 2.19. The standard InChI is InChI=1S/C23H30N2O3S/c1-18-7-6-12-25(15-18)16-22-10-4-3-9-21(22)14-24-23(26)20-11-5-8-19(13-20)17-29(2,27)28/h3-5,8-11,13,18H,6-7,12,14-17H2,1-2H3,(H,24,26)/t18-/m0/s1. The molecule has 5 nitrogen and oxygen atoms in total. The van der Waals surface area contributed by atoms with Gasteiger partial charge in [-0.2, -0.15) is 0 Å². The highest BCUT2D eigenvalue weighted by molar-refractivity contribution is 7.89. The Kier molecular flexibility index (Phi) is 7.09. The first-order valence-electron chi connectivity index (χ1n) is 10.1. The van der Waals surface area contributed by atoms with Crippen LogP contribution in [0.4, 0.5) is 0 Å². The monoisotopic (exact) mass is 414 g/mol. The van der Waals surface area contributed by atoms with E-state index in [4.69, 9.17) is 0 Å². The zero-order valence-electron chi connectivity index (χ0n) is 17.2. The number of piperidine rings is 1. The largest absolute Gasteiger partial charge is 0.348 e. The molecule has 2 aromatic carbocycles. The number of hydrogen-bond donors (Lipinski definition) is 1. The molecule has 1 saturated heterocycles. The molecule has 0 radical (unpaired) electrons.